The van der Waals surface area contributed by atoms with Crippen LogP contribution in [0.4, 0.5) is 0 Å². The molecular formula is C12H21N3. The molecule has 2 unspecified atom stereocenters. The van der Waals surface area contributed by atoms with Gasteiger partial charge in [0.15, 0.2) is 0 Å². The summed E-state index contributed by atoms with van der Waals surface area (Å²) in [5, 5.41) is 4.47. The van der Waals surface area contributed by atoms with Crippen LogP contribution in [-0.2, 0) is 13.0 Å². The molecule has 2 rings (SSSR count). The van der Waals surface area contributed by atoms with Gasteiger partial charge in [0.2, 0.25) is 0 Å². The van der Waals surface area contributed by atoms with Gasteiger partial charge in [-0.15, -0.1) is 0 Å². The summed E-state index contributed by atoms with van der Waals surface area (Å²) in [5.74, 6) is 0.673. The minimum Gasteiger partial charge on any atom is -0.327 e. The van der Waals surface area contributed by atoms with E-state index < -0.39 is 0 Å². The second-order valence-corrected chi connectivity index (χ2v) is 4.65. The second-order valence-electron chi connectivity index (χ2n) is 4.65. The van der Waals surface area contributed by atoms with E-state index in [0.29, 0.717) is 12.0 Å². The van der Waals surface area contributed by atoms with Crippen molar-refractivity contribution in [3.63, 3.8) is 0 Å². The van der Waals surface area contributed by atoms with Crippen LogP contribution in [0.5, 0.6) is 0 Å². The average Bonchev–Trinajstić information content (AvgIpc) is 2.75. The Morgan fingerprint density at radius 1 is 1.53 bits per heavy atom. The van der Waals surface area contributed by atoms with Gasteiger partial charge in [0.1, 0.15) is 0 Å². The van der Waals surface area contributed by atoms with E-state index in [1.807, 2.05) is 0 Å². The molecule has 2 atom stereocenters. The number of nitrogens with two attached hydrogens (primary N) is 1. The molecule has 0 radical (unpaired) electrons. The molecular weight excluding hydrogens is 186 g/mol. The normalized spacial score (nSPS) is 26.1. The first-order valence-electron chi connectivity index (χ1n) is 5.99. The summed E-state index contributed by atoms with van der Waals surface area (Å²) in [5.41, 5.74) is 8.58. The first-order valence-corrected chi connectivity index (χ1v) is 5.99. The fourth-order valence-electron chi connectivity index (χ4n) is 2.62. The zero-order chi connectivity index (χ0) is 10.8. The zero-order valence-corrected chi connectivity index (χ0v) is 9.74. The van der Waals surface area contributed by atoms with Crippen LogP contribution in [0.2, 0.25) is 0 Å². The molecule has 1 aromatic rings. The van der Waals surface area contributed by atoms with E-state index in [4.69, 9.17) is 5.73 Å². The zero-order valence-electron chi connectivity index (χ0n) is 9.74. The molecule has 1 fully saturated rings. The molecule has 0 aliphatic heterocycles. The highest BCUT2D eigenvalue weighted by atomic mass is 15.3. The van der Waals surface area contributed by atoms with Gasteiger partial charge in [-0.1, -0.05) is 6.42 Å². The molecule has 15 heavy (non-hydrogen) atoms. The van der Waals surface area contributed by atoms with Crippen molar-refractivity contribution < 1.29 is 0 Å². The molecule has 0 amide bonds. The van der Waals surface area contributed by atoms with Crippen LogP contribution in [0.3, 0.4) is 0 Å². The molecule has 0 bridgehead atoms. The third kappa shape index (κ3) is 2.23. The summed E-state index contributed by atoms with van der Waals surface area (Å²) < 4.78 is 2.11. The number of hydrogen-bond acceptors (Lipinski definition) is 2. The molecule has 0 saturated heterocycles. The molecule has 0 spiro atoms. The molecule has 2 N–H and O–H groups in total. The van der Waals surface area contributed by atoms with Crippen LogP contribution in [0.15, 0.2) is 6.07 Å². The topological polar surface area (TPSA) is 43.8 Å². The third-order valence-corrected chi connectivity index (χ3v) is 3.47. The Hall–Kier alpha value is -0.830. The van der Waals surface area contributed by atoms with Gasteiger partial charge < -0.3 is 5.73 Å². The lowest BCUT2D eigenvalue weighted by molar-refractivity contribution is 0.457. The molecule has 1 aromatic heterocycles. The SMILES string of the molecule is CCn1nc(C)cc1CC1CCCC1N. The van der Waals surface area contributed by atoms with E-state index in [-0.39, 0.29) is 0 Å². The van der Waals surface area contributed by atoms with E-state index in [0.717, 1.165) is 18.7 Å². The molecule has 3 nitrogen and oxygen atoms in total. The van der Waals surface area contributed by atoms with Crippen molar-refractivity contribution in [2.24, 2.45) is 11.7 Å². The minimum absolute atomic E-state index is 0.408. The van der Waals surface area contributed by atoms with Crippen LogP contribution < -0.4 is 5.73 Å². The summed E-state index contributed by atoms with van der Waals surface area (Å²) in [4.78, 5) is 0. The predicted octanol–water partition coefficient (Wildman–Crippen LogP) is 1.88. The smallest absolute Gasteiger partial charge is 0.0596 e. The highest BCUT2D eigenvalue weighted by Crippen LogP contribution is 2.27. The van der Waals surface area contributed by atoms with Gasteiger partial charge >= 0.3 is 0 Å². The van der Waals surface area contributed by atoms with Gasteiger partial charge in [0, 0.05) is 18.3 Å². The van der Waals surface area contributed by atoms with Crippen LogP contribution in [0.25, 0.3) is 0 Å². The quantitative estimate of drug-likeness (QED) is 0.822. The van der Waals surface area contributed by atoms with Gasteiger partial charge in [-0.05, 0) is 45.1 Å². The van der Waals surface area contributed by atoms with Gasteiger partial charge in [-0.3, -0.25) is 4.68 Å². The van der Waals surface area contributed by atoms with Crippen LogP contribution >= 0.6 is 0 Å². The Morgan fingerprint density at radius 2 is 2.33 bits per heavy atom. The summed E-state index contributed by atoms with van der Waals surface area (Å²) in [6.45, 7) is 5.17. The summed E-state index contributed by atoms with van der Waals surface area (Å²) >= 11 is 0. The molecule has 0 aromatic carbocycles. The van der Waals surface area contributed by atoms with Crippen molar-refractivity contribution in [1.29, 1.82) is 0 Å². The number of aryl methyl sites for hydroxylation is 2. The molecule has 1 aliphatic carbocycles. The van der Waals surface area contributed by atoms with E-state index in [1.54, 1.807) is 0 Å². The first-order chi connectivity index (χ1) is 7.20. The minimum atomic E-state index is 0.408. The van der Waals surface area contributed by atoms with Crippen molar-refractivity contribution in [1.82, 2.24) is 9.78 Å². The fourth-order valence-corrected chi connectivity index (χ4v) is 2.62. The van der Waals surface area contributed by atoms with Crippen molar-refractivity contribution >= 4 is 0 Å². The Morgan fingerprint density at radius 3 is 2.93 bits per heavy atom. The molecule has 3 heteroatoms. The van der Waals surface area contributed by atoms with Crippen molar-refractivity contribution in [3.05, 3.63) is 17.5 Å². The first kappa shape index (κ1) is 10.7. The number of rotatable bonds is 3. The van der Waals surface area contributed by atoms with Crippen LogP contribution in [0.1, 0.15) is 37.6 Å². The molecule has 1 aliphatic rings. The number of aromatic nitrogens is 2. The summed E-state index contributed by atoms with van der Waals surface area (Å²) in [6, 6.07) is 2.61. The maximum absolute atomic E-state index is 6.10. The Kier molecular flexibility index (Phi) is 3.10. The van der Waals surface area contributed by atoms with Crippen molar-refractivity contribution in [2.75, 3.05) is 0 Å². The Bertz CT molecular complexity index is 330. The molecule has 84 valence electrons. The third-order valence-electron chi connectivity index (χ3n) is 3.47. The second kappa shape index (κ2) is 4.35. The van der Waals surface area contributed by atoms with E-state index >= 15 is 0 Å². The lowest BCUT2D eigenvalue weighted by atomic mass is 9.98. The number of nitrogens with zero attached hydrogens (tertiary/aromatic N) is 2. The average molecular weight is 207 g/mol. The van der Waals surface area contributed by atoms with Crippen molar-refractivity contribution in [3.8, 4) is 0 Å². The molecule has 1 heterocycles. The lowest BCUT2D eigenvalue weighted by Crippen LogP contribution is -2.26. The Balaban J connectivity index is 2.09. The maximum atomic E-state index is 6.10. The lowest BCUT2D eigenvalue weighted by Gasteiger charge is -2.15. The predicted molar refractivity (Wildman–Crippen MR) is 61.7 cm³/mol. The largest absolute Gasteiger partial charge is 0.327 e. The monoisotopic (exact) mass is 207 g/mol. The Labute approximate surface area is 91.7 Å². The summed E-state index contributed by atoms with van der Waals surface area (Å²) in [6.07, 6.45) is 4.89. The van der Waals surface area contributed by atoms with Gasteiger partial charge in [-0.2, -0.15) is 5.10 Å². The molecule has 1 saturated carbocycles. The standard InChI is InChI=1S/C12H21N3/c1-3-15-11(7-9(2)14-15)8-10-5-4-6-12(10)13/h7,10,12H,3-6,8,13H2,1-2H3. The van der Waals surface area contributed by atoms with Crippen LogP contribution in [-0.4, -0.2) is 15.8 Å². The summed E-state index contributed by atoms with van der Waals surface area (Å²) in [7, 11) is 0. The fraction of sp³-hybridized carbons (Fsp3) is 0.750. The van der Waals surface area contributed by atoms with Gasteiger partial charge in [0.05, 0.1) is 5.69 Å². The van der Waals surface area contributed by atoms with Gasteiger partial charge in [0.25, 0.3) is 0 Å². The van der Waals surface area contributed by atoms with Crippen molar-refractivity contribution in [2.45, 2.75) is 52.1 Å². The van der Waals surface area contributed by atoms with Gasteiger partial charge in [-0.25, -0.2) is 0 Å². The van der Waals surface area contributed by atoms with Crippen LogP contribution in [0, 0.1) is 12.8 Å². The van der Waals surface area contributed by atoms with E-state index in [9.17, 15) is 0 Å². The highest BCUT2D eigenvalue weighted by Gasteiger charge is 2.25. The van der Waals surface area contributed by atoms with E-state index in [1.165, 1.54) is 25.0 Å². The maximum Gasteiger partial charge on any atom is 0.0596 e. The number of hydrogen-bond donors (Lipinski definition) is 1. The van der Waals surface area contributed by atoms with E-state index in [2.05, 4.69) is 29.7 Å². The highest BCUT2D eigenvalue weighted by molar-refractivity contribution is 5.10.